The maximum Gasteiger partial charge on any atom is 0.338 e. The Morgan fingerprint density at radius 1 is 0.842 bits per heavy atom. The number of halogens is 1. The van der Waals surface area contributed by atoms with E-state index in [-0.39, 0.29) is 12.4 Å². The minimum Gasteiger partial charge on any atom is -0.493 e. The van der Waals surface area contributed by atoms with Gasteiger partial charge in [-0.05, 0) is 73.2 Å². The Bertz CT molecular complexity index is 1400. The maximum absolute atomic E-state index is 12.4. The van der Waals surface area contributed by atoms with E-state index < -0.39 is 5.97 Å². The first kappa shape index (κ1) is 26.8. The van der Waals surface area contributed by atoms with E-state index in [0.29, 0.717) is 41.5 Å². The van der Waals surface area contributed by atoms with Crippen LogP contribution in [0.2, 0.25) is 0 Å². The summed E-state index contributed by atoms with van der Waals surface area (Å²) in [6, 6.07) is 25.4. The van der Waals surface area contributed by atoms with Crippen molar-refractivity contribution < 1.29 is 23.8 Å². The van der Waals surface area contributed by atoms with Gasteiger partial charge in [0.15, 0.2) is 5.78 Å². The van der Waals surface area contributed by atoms with Gasteiger partial charge in [0, 0.05) is 28.7 Å². The monoisotopic (exact) mass is 571 g/mol. The van der Waals surface area contributed by atoms with Crippen molar-refractivity contribution in [2.45, 2.75) is 13.3 Å². The molecule has 0 amide bonds. The molecular weight excluding hydrogens is 546 g/mol. The van der Waals surface area contributed by atoms with Crippen molar-refractivity contribution in [2.24, 2.45) is 0 Å². The van der Waals surface area contributed by atoms with Crippen molar-refractivity contribution in [2.75, 3.05) is 13.2 Å². The number of esters is 1. The first-order valence-corrected chi connectivity index (χ1v) is 12.8. The fourth-order valence-electron chi connectivity index (χ4n) is 3.37. The summed E-state index contributed by atoms with van der Waals surface area (Å²) in [5.74, 6) is 1.05. The lowest BCUT2D eigenvalue weighted by Gasteiger charge is -2.09. The summed E-state index contributed by atoms with van der Waals surface area (Å²) in [6.45, 7) is 2.56. The van der Waals surface area contributed by atoms with E-state index >= 15 is 0 Å². The van der Waals surface area contributed by atoms with Crippen LogP contribution < -0.4 is 9.47 Å². The number of carbonyl (C=O) groups excluding carboxylic acids is 2. The predicted molar refractivity (Wildman–Crippen MR) is 150 cm³/mol. The van der Waals surface area contributed by atoms with E-state index in [1.807, 2.05) is 55.5 Å². The number of ketones is 1. The van der Waals surface area contributed by atoms with E-state index in [2.05, 4.69) is 20.9 Å². The molecule has 6 nitrogen and oxygen atoms in total. The van der Waals surface area contributed by atoms with Gasteiger partial charge in [-0.15, -0.1) is 0 Å². The van der Waals surface area contributed by atoms with Crippen molar-refractivity contribution >= 4 is 33.8 Å². The number of benzene rings is 3. The first-order valence-electron chi connectivity index (χ1n) is 12.0. The molecule has 0 radical (unpaired) electrons. The molecule has 0 atom stereocenters. The molecule has 0 spiro atoms. The standard InChI is InChI=1S/C31H26BrNO5/c1-22-3-12-28(13-4-22)38-30-21-25(17-18-33-30)31(35)37-20-2-19-36-27-14-8-24(9-15-27)29(34)16-7-23-5-10-26(32)11-6-23/h3-18,21H,2,19-20H2,1H3/b16-7+. The molecule has 1 heterocycles. The van der Waals surface area contributed by atoms with Crippen LogP contribution in [-0.4, -0.2) is 30.0 Å². The van der Waals surface area contributed by atoms with Gasteiger partial charge in [-0.2, -0.15) is 0 Å². The second-order valence-corrected chi connectivity index (χ2v) is 9.32. The van der Waals surface area contributed by atoms with Crippen LogP contribution in [0.3, 0.4) is 0 Å². The zero-order valence-electron chi connectivity index (χ0n) is 20.8. The highest BCUT2D eigenvalue weighted by atomic mass is 79.9. The molecule has 0 aliphatic heterocycles. The predicted octanol–water partition coefficient (Wildman–Crippen LogP) is 7.47. The van der Waals surface area contributed by atoms with E-state index in [1.165, 1.54) is 6.20 Å². The molecule has 1 aromatic heterocycles. The highest BCUT2D eigenvalue weighted by Crippen LogP contribution is 2.21. The van der Waals surface area contributed by atoms with Crippen molar-refractivity contribution in [3.63, 3.8) is 0 Å². The number of allylic oxidation sites excluding steroid dienone is 1. The van der Waals surface area contributed by atoms with Gasteiger partial charge in [-0.3, -0.25) is 4.79 Å². The molecule has 0 unspecified atom stereocenters. The third-order valence-corrected chi connectivity index (χ3v) is 5.97. The number of rotatable bonds is 11. The van der Waals surface area contributed by atoms with Crippen LogP contribution in [0.25, 0.3) is 6.08 Å². The van der Waals surface area contributed by atoms with Gasteiger partial charge in [-0.1, -0.05) is 51.8 Å². The molecule has 3 aromatic carbocycles. The highest BCUT2D eigenvalue weighted by Gasteiger charge is 2.10. The summed E-state index contributed by atoms with van der Waals surface area (Å²) < 4.78 is 17.8. The SMILES string of the molecule is Cc1ccc(Oc2cc(C(=O)OCCCOc3ccc(C(=O)/C=C/c4ccc(Br)cc4)cc3)ccn2)cc1. The Morgan fingerprint density at radius 2 is 1.55 bits per heavy atom. The summed E-state index contributed by atoms with van der Waals surface area (Å²) in [7, 11) is 0. The Labute approximate surface area is 230 Å². The zero-order valence-corrected chi connectivity index (χ0v) is 22.4. The van der Waals surface area contributed by atoms with Gasteiger partial charge in [0.2, 0.25) is 5.88 Å². The minimum atomic E-state index is -0.458. The van der Waals surface area contributed by atoms with Crippen LogP contribution in [0.5, 0.6) is 17.4 Å². The fraction of sp³-hybridized carbons (Fsp3) is 0.129. The van der Waals surface area contributed by atoms with Crippen LogP contribution in [0.15, 0.2) is 102 Å². The quantitative estimate of drug-likeness (QED) is 0.0804. The molecule has 0 bridgehead atoms. The number of carbonyl (C=O) groups is 2. The zero-order chi connectivity index (χ0) is 26.7. The van der Waals surface area contributed by atoms with E-state index in [1.54, 1.807) is 48.6 Å². The number of hydrogen-bond donors (Lipinski definition) is 0. The minimum absolute atomic E-state index is 0.0880. The summed E-state index contributed by atoms with van der Waals surface area (Å²) >= 11 is 3.39. The lowest BCUT2D eigenvalue weighted by molar-refractivity contribution is 0.0485. The normalized spacial score (nSPS) is 10.8. The molecule has 7 heteroatoms. The summed E-state index contributed by atoms with van der Waals surface area (Å²) in [5, 5.41) is 0. The average molecular weight is 572 g/mol. The average Bonchev–Trinajstić information content (AvgIpc) is 2.94. The van der Waals surface area contributed by atoms with Gasteiger partial charge >= 0.3 is 5.97 Å². The Balaban J connectivity index is 1.18. The van der Waals surface area contributed by atoms with Gasteiger partial charge in [-0.25, -0.2) is 9.78 Å². The summed E-state index contributed by atoms with van der Waals surface area (Å²) in [4.78, 5) is 29.0. The number of pyridine rings is 1. The first-order chi connectivity index (χ1) is 18.5. The van der Waals surface area contributed by atoms with E-state index in [4.69, 9.17) is 14.2 Å². The maximum atomic E-state index is 12.4. The molecule has 0 saturated heterocycles. The Kier molecular flexibility index (Phi) is 9.43. The molecule has 0 N–H and O–H groups in total. The molecule has 4 rings (SSSR count). The van der Waals surface area contributed by atoms with Gasteiger partial charge in [0.05, 0.1) is 18.8 Å². The van der Waals surface area contributed by atoms with Crippen LogP contribution >= 0.6 is 15.9 Å². The van der Waals surface area contributed by atoms with Gasteiger partial charge in [0.25, 0.3) is 0 Å². The second kappa shape index (κ2) is 13.4. The van der Waals surface area contributed by atoms with Crippen LogP contribution in [0.1, 0.15) is 38.3 Å². The number of nitrogens with zero attached hydrogens (tertiary/aromatic N) is 1. The van der Waals surface area contributed by atoms with Gasteiger partial charge in [0.1, 0.15) is 11.5 Å². The topological polar surface area (TPSA) is 74.7 Å². The lowest BCUT2D eigenvalue weighted by atomic mass is 10.1. The van der Waals surface area contributed by atoms with Gasteiger partial charge < -0.3 is 14.2 Å². The number of ether oxygens (including phenoxy) is 3. The van der Waals surface area contributed by atoms with Crippen LogP contribution in [0, 0.1) is 6.92 Å². The van der Waals surface area contributed by atoms with Crippen molar-refractivity contribution in [3.8, 4) is 17.4 Å². The molecule has 4 aromatic rings. The van der Waals surface area contributed by atoms with Crippen molar-refractivity contribution in [1.29, 1.82) is 0 Å². The summed E-state index contributed by atoms with van der Waals surface area (Å²) in [5.41, 5.74) is 3.00. The molecule has 0 aliphatic rings. The molecular formula is C31H26BrNO5. The molecule has 38 heavy (non-hydrogen) atoms. The molecule has 0 fully saturated rings. The number of hydrogen-bond acceptors (Lipinski definition) is 6. The second-order valence-electron chi connectivity index (χ2n) is 8.41. The van der Waals surface area contributed by atoms with Crippen LogP contribution in [-0.2, 0) is 4.74 Å². The van der Waals surface area contributed by atoms with Crippen molar-refractivity contribution in [1.82, 2.24) is 4.98 Å². The third-order valence-electron chi connectivity index (χ3n) is 5.44. The molecule has 192 valence electrons. The molecule has 0 aliphatic carbocycles. The van der Waals surface area contributed by atoms with Crippen molar-refractivity contribution in [3.05, 3.63) is 124 Å². The largest absolute Gasteiger partial charge is 0.493 e. The smallest absolute Gasteiger partial charge is 0.338 e. The van der Waals surface area contributed by atoms with Crippen LogP contribution in [0.4, 0.5) is 0 Å². The fourth-order valence-corrected chi connectivity index (χ4v) is 3.64. The molecule has 0 saturated carbocycles. The summed E-state index contributed by atoms with van der Waals surface area (Å²) in [6.07, 6.45) is 5.35. The van der Waals surface area contributed by atoms with E-state index in [9.17, 15) is 9.59 Å². The number of aromatic nitrogens is 1. The Morgan fingerprint density at radius 3 is 2.29 bits per heavy atom. The third kappa shape index (κ3) is 8.15. The van der Waals surface area contributed by atoms with E-state index in [0.717, 1.165) is 15.6 Å². The highest BCUT2D eigenvalue weighted by molar-refractivity contribution is 9.10. The Hall–Kier alpha value is -4.23. The number of aryl methyl sites for hydroxylation is 1. The lowest BCUT2D eigenvalue weighted by Crippen LogP contribution is -2.09.